The zero-order valence-corrected chi connectivity index (χ0v) is 14.7. The molecule has 0 bridgehead atoms. The maximum Gasteiger partial charge on any atom is 0.241 e. The molecule has 4 rings (SSSR count). The van der Waals surface area contributed by atoms with Gasteiger partial charge < -0.3 is 21.7 Å². The highest BCUT2D eigenvalue weighted by Gasteiger charge is 2.55. The van der Waals surface area contributed by atoms with E-state index in [1.54, 1.807) is 12.1 Å². The molecule has 2 aromatic rings. The van der Waals surface area contributed by atoms with Crippen molar-refractivity contribution >= 4 is 17.5 Å². The summed E-state index contributed by atoms with van der Waals surface area (Å²) in [5, 5.41) is 2.88. The number of likely N-dealkylation sites (tertiary alicyclic amines) is 1. The number of nitrogens with one attached hydrogen (secondary N) is 1. The molecule has 7 heteroatoms. The lowest BCUT2D eigenvalue weighted by Gasteiger charge is -2.26. The lowest BCUT2D eigenvalue weighted by atomic mass is 9.80. The molecular weight excluding hydrogens is 347 g/mol. The molecule has 0 aliphatic carbocycles. The number of nitrogens with two attached hydrogens (primary N) is 2. The first-order chi connectivity index (χ1) is 12.9. The molecule has 2 aliphatic heterocycles. The van der Waals surface area contributed by atoms with E-state index in [1.165, 1.54) is 17.0 Å². The van der Waals surface area contributed by atoms with Gasteiger partial charge in [-0.1, -0.05) is 30.3 Å². The van der Waals surface area contributed by atoms with Gasteiger partial charge in [-0.3, -0.25) is 9.59 Å². The highest BCUT2D eigenvalue weighted by atomic mass is 19.1. The summed E-state index contributed by atoms with van der Waals surface area (Å²) in [5.74, 6) is -0.850. The Morgan fingerprint density at radius 3 is 2.85 bits per heavy atom. The second kappa shape index (κ2) is 6.44. The van der Waals surface area contributed by atoms with Crippen LogP contribution in [0.3, 0.4) is 0 Å². The van der Waals surface area contributed by atoms with Gasteiger partial charge in [-0.05, 0) is 35.7 Å². The van der Waals surface area contributed by atoms with E-state index in [0.717, 1.165) is 11.3 Å². The second-order valence-electron chi connectivity index (χ2n) is 7.26. The third-order valence-electron chi connectivity index (χ3n) is 5.47. The Morgan fingerprint density at radius 1 is 1.30 bits per heavy atom. The van der Waals surface area contributed by atoms with Gasteiger partial charge in [-0.15, -0.1) is 0 Å². The van der Waals surface area contributed by atoms with E-state index in [2.05, 4.69) is 5.32 Å². The van der Waals surface area contributed by atoms with Crippen molar-refractivity contribution < 1.29 is 14.0 Å². The Hall–Kier alpha value is -2.77. The summed E-state index contributed by atoms with van der Waals surface area (Å²) >= 11 is 0. The van der Waals surface area contributed by atoms with E-state index in [-0.39, 0.29) is 30.6 Å². The van der Waals surface area contributed by atoms with Crippen LogP contribution in [0.15, 0.2) is 48.5 Å². The van der Waals surface area contributed by atoms with E-state index in [9.17, 15) is 14.0 Å². The molecule has 2 amide bonds. The van der Waals surface area contributed by atoms with Crippen LogP contribution < -0.4 is 16.8 Å². The maximum atomic E-state index is 13.4. The zero-order chi connectivity index (χ0) is 19.2. The number of para-hydroxylation sites is 1. The molecule has 0 radical (unpaired) electrons. The number of fused-ring (bicyclic) bond motifs is 2. The maximum absolute atomic E-state index is 13.4. The number of halogens is 1. The van der Waals surface area contributed by atoms with Gasteiger partial charge in [0.2, 0.25) is 11.8 Å². The Labute approximate surface area is 156 Å². The third kappa shape index (κ3) is 2.89. The van der Waals surface area contributed by atoms with Crippen LogP contribution in [0.1, 0.15) is 17.5 Å². The van der Waals surface area contributed by atoms with Crippen molar-refractivity contribution in [3.8, 4) is 0 Å². The number of carbonyl (C=O) groups is 2. The van der Waals surface area contributed by atoms with Crippen LogP contribution in [0, 0.1) is 5.82 Å². The molecule has 5 N–H and O–H groups in total. The van der Waals surface area contributed by atoms with Gasteiger partial charge in [0.05, 0.1) is 17.6 Å². The van der Waals surface area contributed by atoms with Crippen molar-refractivity contribution in [2.45, 2.75) is 30.5 Å². The summed E-state index contributed by atoms with van der Waals surface area (Å²) in [6.07, 6.45) is -0.0582. The third-order valence-corrected chi connectivity index (χ3v) is 5.47. The van der Waals surface area contributed by atoms with E-state index < -0.39 is 17.6 Å². The van der Waals surface area contributed by atoms with Crippen molar-refractivity contribution in [2.24, 2.45) is 11.5 Å². The lowest BCUT2D eigenvalue weighted by molar-refractivity contribution is -0.133. The lowest BCUT2D eigenvalue weighted by Crippen LogP contribution is -2.50. The van der Waals surface area contributed by atoms with E-state index in [4.69, 9.17) is 11.5 Å². The smallest absolute Gasteiger partial charge is 0.241 e. The second-order valence-corrected chi connectivity index (χ2v) is 7.26. The quantitative estimate of drug-likeness (QED) is 0.755. The summed E-state index contributed by atoms with van der Waals surface area (Å²) in [4.78, 5) is 27.1. The number of rotatable bonds is 3. The first kappa shape index (κ1) is 17.6. The first-order valence-electron chi connectivity index (χ1n) is 8.88. The minimum absolute atomic E-state index is 0.145. The van der Waals surface area contributed by atoms with Crippen LogP contribution in [0.25, 0.3) is 0 Å². The number of amides is 2. The Bertz CT molecular complexity index is 918. The summed E-state index contributed by atoms with van der Waals surface area (Å²) in [6.45, 7) is 0.187. The Morgan fingerprint density at radius 2 is 2.07 bits per heavy atom. The van der Waals surface area contributed by atoms with Crippen LogP contribution in [0.4, 0.5) is 10.1 Å². The predicted molar refractivity (Wildman–Crippen MR) is 99.1 cm³/mol. The van der Waals surface area contributed by atoms with Crippen LogP contribution in [-0.4, -0.2) is 35.5 Å². The molecule has 0 aromatic heterocycles. The van der Waals surface area contributed by atoms with Gasteiger partial charge in [0, 0.05) is 18.7 Å². The molecule has 2 aliphatic rings. The standard InChI is InChI=1S/C20H21FN4O2/c21-13-5-3-4-12(8-13)9-15(22)18(26)25-11-20(10-17(25)23)14-6-1-2-7-16(14)24-19(20)27/h1-8,15,17H,9-11,22-23H2,(H,24,27)/t15-,17-,20-/m0/s1. The summed E-state index contributed by atoms with van der Waals surface area (Å²) in [5.41, 5.74) is 13.7. The summed E-state index contributed by atoms with van der Waals surface area (Å²) < 4.78 is 13.4. The van der Waals surface area contributed by atoms with Crippen LogP contribution in [-0.2, 0) is 21.4 Å². The average molecular weight is 368 g/mol. The highest BCUT2D eigenvalue weighted by Crippen LogP contribution is 2.45. The number of hydrogen-bond acceptors (Lipinski definition) is 4. The molecule has 1 spiro atoms. The molecule has 6 nitrogen and oxygen atoms in total. The predicted octanol–water partition coefficient (Wildman–Crippen LogP) is 1.10. The molecule has 0 unspecified atom stereocenters. The van der Waals surface area contributed by atoms with Crippen molar-refractivity contribution in [1.82, 2.24) is 4.90 Å². The Kier molecular flexibility index (Phi) is 4.20. The molecule has 2 aromatic carbocycles. The van der Waals surface area contributed by atoms with Crippen molar-refractivity contribution in [3.05, 3.63) is 65.5 Å². The molecule has 0 saturated carbocycles. The minimum Gasteiger partial charge on any atom is -0.325 e. The molecule has 1 fully saturated rings. The summed E-state index contributed by atoms with van der Waals surface area (Å²) in [6, 6.07) is 12.6. The van der Waals surface area contributed by atoms with Gasteiger partial charge >= 0.3 is 0 Å². The minimum atomic E-state index is -0.854. The van der Waals surface area contributed by atoms with Gasteiger partial charge in [-0.2, -0.15) is 0 Å². The number of carbonyl (C=O) groups excluding carboxylic acids is 2. The average Bonchev–Trinajstić information content (AvgIpc) is 3.12. The van der Waals surface area contributed by atoms with Gasteiger partial charge in [0.1, 0.15) is 5.82 Å². The van der Waals surface area contributed by atoms with Gasteiger partial charge in [-0.25, -0.2) is 4.39 Å². The van der Waals surface area contributed by atoms with E-state index in [1.807, 2.05) is 24.3 Å². The Balaban J connectivity index is 1.55. The van der Waals surface area contributed by atoms with Gasteiger partial charge in [0.15, 0.2) is 0 Å². The van der Waals surface area contributed by atoms with E-state index >= 15 is 0 Å². The largest absolute Gasteiger partial charge is 0.325 e. The molecule has 2 heterocycles. The molecule has 140 valence electrons. The SMILES string of the molecule is N[C@@H]1C[C@@]2(CN1C(=O)[C@@H](N)Cc1cccc(F)c1)C(=O)Nc1ccccc12. The van der Waals surface area contributed by atoms with Gasteiger partial charge in [0.25, 0.3) is 0 Å². The monoisotopic (exact) mass is 368 g/mol. The van der Waals surface area contributed by atoms with E-state index in [0.29, 0.717) is 12.0 Å². The van der Waals surface area contributed by atoms with Crippen LogP contribution in [0.5, 0.6) is 0 Å². The van der Waals surface area contributed by atoms with Crippen LogP contribution >= 0.6 is 0 Å². The van der Waals surface area contributed by atoms with Crippen LogP contribution in [0.2, 0.25) is 0 Å². The highest BCUT2D eigenvalue weighted by molar-refractivity contribution is 6.07. The number of hydrogen-bond donors (Lipinski definition) is 3. The fourth-order valence-electron chi connectivity index (χ4n) is 4.13. The summed E-state index contributed by atoms with van der Waals surface area (Å²) in [7, 11) is 0. The fraction of sp³-hybridized carbons (Fsp3) is 0.300. The molecule has 27 heavy (non-hydrogen) atoms. The first-order valence-corrected chi connectivity index (χ1v) is 8.88. The zero-order valence-electron chi connectivity index (χ0n) is 14.7. The number of anilines is 1. The molecule has 1 saturated heterocycles. The molecular formula is C20H21FN4O2. The topological polar surface area (TPSA) is 101 Å². The fourth-order valence-corrected chi connectivity index (χ4v) is 4.13. The van der Waals surface area contributed by atoms with Crippen molar-refractivity contribution in [2.75, 3.05) is 11.9 Å². The number of benzene rings is 2. The molecule has 3 atom stereocenters. The normalized spacial score (nSPS) is 24.8. The van der Waals surface area contributed by atoms with Crippen molar-refractivity contribution in [1.29, 1.82) is 0 Å². The number of nitrogens with zero attached hydrogens (tertiary/aromatic N) is 1. The van der Waals surface area contributed by atoms with Crippen molar-refractivity contribution in [3.63, 3.8) is 0 Å².